The third-order valence-corrected chi connectivity index (χ3v) is 13.9. The molecular weight excluding hydrogens is 516 g/mol. The lowest BCUT2D eigenvalue weighted by Crippen LogP contribution is -2.39. The highest BCUT2D eigenvalue weighted by molar-refractivity contribution is 7.92. The van der Waals surface area contributed by atoms with Crippen LogP contribution >= 0.6 is 0 Å². The van der Waals surface area contributed by atoms with E-state index in [4.69, 9.17) is 0 Å². The molecule has 4 aliphatic rings. The van der Waals surface area contributed by atoms with Crippen LogP contribution in [0.4, 0.5) is 0 Å². The van der Waals surface area contributed by atoms with Gasteiger partial charge in [-0.15, -0.1) is 0 Å². The number of nitrogens with zero attached hydrogens (tertiary/aromatic N) is 2. The first-order valence-corrected chi connectivity index (χ1v) is 17.6. The normalized spacial score (nSPS) is 30.6. The minimum absolute atomic E-state index is 0.0860. The lowest BCUT2D eigenvalue weighted by atomic mass is 9.94. The van der Waals surface area contributed by atoms with Crippen molar-refractivity contribution in [2.75, 3.05) is 26.2 Å². The monoisotopic (exact) mass is 556 g/mol. The van der Waals surface area contributed by atoms with Crippen LogP contribution in [-0.2, 0) is 19.7 Å². The number of benzene rings is 2. The largest absolute Gasteiger partial charge is 0.295 e. The average molecular weight is 557 g/mol. The molecule has 0 aromatic heterocycles. The van der Waals surface area contributed by atoms with Gasteiger partial charge < -0.3 is 0 Å². The van der Waals surface area contributed by atoms with Crippen molar-refractivity contribution in [1.29, 1.82) is 0 Å². The van der Waals surface area contributed by atoms with Crippen LogP contribution < -0.4 is 0 Å². The lowest BCUT2D eigenvalue weighted by molar-refractivity contribution is 0.154. The Bertz CT molecular complexity index is 1260. The Morgan fingerprint density at radius 3 is 1.32 bits per heavy atom. The number of hydrogen-bond donors (Lipinski definition) is 0. The molecule has 2 aromatic rings. The first-order valence-electron chi connectivity index (χ1n) is 14.5. The topological polar surface area (TPSA) is 74.8 Å². The highest BCUT2D eigenvalue weighted by atomic mass is 32.2. The van der Waals surface area contributed by atoms with Crippen LogP contribution in [0, 0.1) is 0 Å². The first-order chi connectivity index (χ1) is 18.4. The Kier molecular flexibility index (Phi) is 7.44. The molecule has 4 heterocycles. The molecule has 8 heteroatoms. The van der Waals surface area contributed by atoms with E-state index in [1.54, 1.807) is 12.1 Å². The molecule has 4 unspecified atom stereocenters. The summed E-state index contributed by atoms with van der Waals surface area (Å²) in [5, 5.41) is -0.901. The predicted molar refractivity (Wildman–Crippen MR) is 150 cm³/mol. The SMILES string of the molecule is O=S1(=O)c2ccccc2C(N2CCCCC2)C1CCCCC1C(N2CCCCC2)c2ccccc2S1(=O)=O. The van der Waals surface area contributed by atoms with Crippen molar-refractivity contribution in [3.63, 3.8) is 0 Å². The smallest absolute Gasteiger partial charge is 0.183 e. The maximum atomic E-state index is 13.7. The van der Waals surface area contributed by atoms with Crippen LogP contribution in [0.1, 0.15) is 87.4 Å². The number of hydrogen-bond acceptors (Lipinski definition) is 6. The van der Waals surface area contributed by atoms with Gasteiger partial charge in [0.2, 0.25) is 0 Å². The summed E-state index contributed by atoms with van der Waals surface area (Å²) in [4.78, 5) is 5.78. The van der Waals surface area contributed by atoms with Gasteiger partial charge in [-0.2, -0.15) is 0 Å². The molecule has 0 radical (unpaired) electrons. The van der Waals surface area contributed by atoms with Crippen LogP contribution in [0.5, 0.6) is 0 Å². The summed E-state index contributed by atoms with van der Waals surface area (Å²) in [6, 6.07) is 14.9. The minimum Gasteiger partial charge on any atom is -0.295 e. The lowest BCUT2D eigenvalue weighted by Gasteiger charge is -2.36. The molecule has 0 N–H and O–H groups in total. The minimum atomic E-state index is -3.41. The van der Waals surface area contributed by atoms with Gasteiger partial charge in [-0.05, 0) is 88.0 Å². The fourth-order valence-corrected chi connectivity index (χ4v) is 12.1. The molecule has 206 valence electrons. The molecule has 0 amide bonds. The van der Waals surface area contributed by atoms with E-state index in [0.717, 1.165) is 75.8 Å². The van der Waals surface area contributed by atoms with E-state index in [1.165, 1.54) is 12.8 Å². The van der Waals surface area contributed by atoms with Crippen molar-refractivity contribution in [1.82, 2.24) is 9.80 Å². The van der Waals surface area contributed by atoms with E-state index < -0.39 is 30.2 Å². The molecule has 4 atom stereocenters. The van der Waals surface area contributed by atoms with Crippen molar-refractivity contribution in [3.05, 3.63) is 59.7 Å². The molecule has 2 fully saturated rings. The number of unbranched alkanes of at least 4 members (excludes halogenated alkanes) is 1. The van der Waals surface area contributed by atoms with Gasteiger partial charge in [0.25, 0.3) is 0 Å². The van der Waals surface area contributed by atoms with Gasteiger partial charge in [-0.1, -0.05) is 62.1 Å². The van der Waals surface area contributed by atoms with Crippen molar-refractivity contribution in [2.24, 2.45) is 0 Å². The van der Waals surface area contributed by atoms with Gasteiger partial charge >= 0.3 is 0 Å². The van der Waals surface area contributed by atoms with E-state index in [-0.39, 0.29) is 12.1 Å². The molecule has 0 spiro atoms. The Morgan fingerprint density at radius 1 is 0.553 bits per heavy atom. The van der Waals surface area contributed by atoms with Crippen molar-refractivity contribution in [3.8, 4) is 0 Å². The predicted octanol–water partition coefficient (Wildman–Crippen LogP) is 5.31. The average Bonchev–Trinajstić information content (AvgIpc) is 3.31. The summed E-state index contributed by atoms with van der Waals surface area (Å²) in [5.41, 5.74) is 1.91. The van der Waals surface area contributed by atoms with E-state index in [2.05, 4.69) is 9.80 Å². The van der Waals surface area contributed by atoms with Crippen molar-refractivity contribution in [2.45, 2.75) is 96.6 Å². The Labute approximate surface area is 228 Å². The highest BCUT2D eigenvalue weighted by Crippen LogP contribution is 2.47. The maximum absolute atomic E-state index is 13.7. The van der Waals surface area contributed by atoms with Gasteiger partial charge in [-0.25, -0.2) is 16.8 Å². The number of piperidine rings is 2. The van der Waals surface area contributed by atoms with Crippen LogP contribution in [0.25, 0.3) is 0 Å². The third-order valence-electron chi connectivity index (χ3n) is 9.39. The van der Waals surface area contributed by atoms with Crippen LogP contribution in [-0.4, -0.2) is 63.3 Å². The molecule has 6 rings (SSSR count). The van der Waals surface area contributed by atoms with Gasteiger partial charge in [0.1, 0.15) is 0 Å². The number of likely N-dealkylation sites (tertiary alicyclic amines) is 2. The van der Waals surface area contributed by atoms with Crippen LogP contribution in [0.3, 0.4) is 0 Å². The Hall–Kier alpha value is -1.74. The quantitative estimate of drug-likeness (QED) is 0.430. The second-order valence-electron chi connectivity index (χ2n) is 11.6. The molecule has 0 saturated carbocycles. The fraction of sp³-hybridized carbons (Fsp3) is 0.600. The Morgan fingerprint density at radius 2 is 0.921 bits per heavy atom. The summed E-state index contributed by atoms with van der Waals surface area (Å²) in [6.07, 6.45) is 9.46. The summed E-state index contributed by atoms with van der Waals surface area (Å²) in [5.74, 6) is 0. The van der Waals surface area contributed by atoms with Crippen LogP contribution in [0.2, 0.25) is 0 Å². The van der Waals surface area contributed by atoms with E-state index in [9.17, 15) is 16.8 Å². The molecule has 0 aliphatic carbocycles. The summed E-state index contributed by atoms with van der Waals surface area (Å²) in [7, 11) is -6.81. The zero-order valence-electron chi connectivity index (χ0n) is 22.2. The first kappa shape index (κ1) is 26.5. The van der Waals surface area contributed by atoms with Gasteiger partial charge in [0, 0.05) is 0 Å². The van der Waals surface area contributed by atoms with Crippen LogP contribution in [0.15, 0.2) is 58.3 Å². The molecule has 2 saturated heterocycles. The molecule has 4 aliphatic heterocycles. The van der Waals surface area contributed by atoms with Crippen molar-refractivity contribution < 1.29 is 16.8 Å². The van der Waals surface area contributed by atoms with Crippen molar-refractivity contribution >= 4 is 19.7 Å². The van der Waals surface area contributed by atoms with E-state index in [0.29, 0.717) is 22.6 Å². The fourth-order valence-electron chi connectivity index (χ4n) is 7.61. The van der Waals surface area contributed by atoms with Gasteiger partial charge in [0.15, 0.2) is 19.7 Å². The number of sulfone groups is 2. The Balaban J connectivity index is 1.19. The summed E-state index contributed by atoms with van der Waals surface area (Å²) >= 11 is 0. The zero-order valence-corrected chi connectivity index (χ0v) is 23.8. The second-order valence-corrected chi connectivity index (χ2v) is 15.9. The molecule has 2 aromatic carbocycles. The summed E-state index contributed by atoms with van der Waals surface area (Å²) < 4.78 is 54.7. The third kappa shape index (κ3) is 4.55. The number of fused-ring (bicyclic) bond motifs is 2. The van der Waals surface area contributed by atoms with Gasteiger partial charge in [-0.3, -0.25) is 9.80 Å². The standard InChI is InChI=1S/C30H40N2O4S2/c33-37(34)25-15-5-3-13-23(25)29(31-19-9-1-10-20-31)27(37)17-7-8-18-28-30(32-21-11-2-12-22-32)24-14-4-6-16-26(24)38(28,35)36/h3-6,13-16,27-30H,1-2,7-12,17-22H2. The number of rotatable bonds is 7. The summed E-state index contributed by atoms with van der Waals surface area (Å²) in [6.45, 7) is 3.78. The maximum Gasteiger partial charge on any atom is 0.183 e. The van der Waals surface area contributed by atoms with Gasteiger partial charge in [0.05, 0.1) is 32.4 Å². The highest BCUT2D eigenvalue weighted by Gasteiger charge is 2.48. The molecule has 0 bridgehead atoms. The zero-order chi connectivity index (χ0) is 26.3. The molecule has 38 heavy (non-hydrogen) atoms. The van der Waals surface area contributed by atoms with E-state index >= 15 is 0 Å². The van der Waals surface area contributed by atoms with E-state index in [1.807, 2.05) is 36.4 Å². The molecular formula is C30H40N2O4S2. The second kappa shape index (κ2) is 10.7. The molecule has 6 nitrogen and oxygen atoms in total.